The molecule has 1 aliphatic rings. The Morgan fingerprint density at radius 2 is 1.93 bits per heavy atom. The van der Waals surface area contributed by atoms with Crippen molar-refractivity contribution in [3.63, 3.8) is 0 Å². The van der Waals surface area contributed by atoms with Crippen LogP contribution in [0.4, 0.5) is 0 Å². The molecule has 1 aromatic heterocycles. The van der Waals surface area contributed by atoms with Crippen LogP contribution in [0.2, 0.25) is 0 Å². The molecule has 1 atom stereocenters. The van der Waals surface area contributed by atoms with Crippen molar-refractivity contribution in [3.05, 3.63) is 17.5 Å². The van der Waals surface area contributed by atoms with Gasteiger partial charge in [0.25, 0.3) is 5.91 Å². The summed E-state index contributed by atoms with van der Waals surface area (Å²) in [5.74, 6) is -1.33. The third-order valence-electron chi connectivity index (χ3n) is 5.01. The lowest BCUT2D eigenvalue weighted by Gasteiger charge is -2.29. The van der Waals surface area contributed by atoms with E-state index in [1.807, 2.05) is 32.4 Å². The van der Waals surface area contributed by atoms with Gasteiger partial charge in [0.1, 0.15) is 6.54 Å². The lowest BCUT2D eigenvalue weighted by atomic mass is 10.1. The van der Waals surface area contributed by atoms with E-state index in [9.17, 15) is 14.4 Å². The molecule has 0 aromatic carbocycles. The number of carboxylic acids is 1. The molecule has 27 heavy (non-hydrogen) atoms. The first kappa shape index (κ1) is 20.9. The van der Waals surface area contributed by atoms with E-state index in [-0.39, 0.29) is 29.9 Å². The number of carbonyl (C=O) groups is 3. The molecule has 1 aromatic rings. The SMILES string of the molecule is CC(=O)N(CC(=O)O)[C@H]1CCCN(C(=O)c2cnn(C(C)(C)C)c2C)CC1. The highest BCUT2D eigenvalue weighted by Gasteiger charge is 2.29. The van der Waals surface area contributed by atoms with Crippen molar-refractivity contribution in [2.75, 3.05) is 19.6 Å². The predicted molar refractivity (Wildman–Crippen MR) is 101 cm³/mol. The van der Waals surface area contributed by atoms with Gasteiger partial charge >= 0.3 is 5.97 Å². The fourth-order valence-electron chi connectivity index (χ4n) is 3.70. The van der Waals surface area contributed by atoms with Crippen LogP contribution in [0.5, 0.6) is 0 Å². The van der Waals surface area contributed by atoms with Gasteiger partial charge in [0.2, 0.25) is 5.91 Å². The number of carboxylic acid groups (broad SMARTS) is 1. The minimum Gasteiger partial charge on any atom is -0.480 e. The van der Waals surface area contributed by atoms with Crippen molar-refractivity contribution in [1.82, 2.24) is 19.6 Å². The van der Waals surface area contributed by atoms with E-state index in [0.29, 0.717) is 31.5 Å². The molecular formula is C19H30N4O4. The summed E-state index contributed by atoms with van der Waals surface area (Å²) in [5.41, 5.74) is 1.23. The molecule has 0 saturated carbocycles. The van der Waals surface area contributed by atoms with E-state index in [2.05, 4.69) is 5.10 Å². The van der Waals surface area contributed by atoms with Crippen molar-refractivity contribution in [2.24, 2.45) is 0 Å². The fourth-order valence-corrected chi connectivity index (χ4v) is 3.70. The molecule has 0 unspecified atom stereocenters. The number of hydrogen-bond donors (Lipinski definition) is 1. The number of rotatable bonds is 4. The molecule has 8 nitrogen and oxygen atoms in total. The normalized spacial score (nSPS) is 18.1. The molecule has 0 aliphatic carbocycles. The summed E-state index contributed by atoms with van der Waals surface area (Å²) < 4.78 is 1.85. The van der Waals surface area contributed by atoms with Crippen molar-refractivity contribution >= 4 is 17.8 Å². The van der Waals surface area contributed by atoms with E-state index >= 15 is 0 Å². The summed E-state index contributed by atoms with van der Waals surface area (Å²) in [4.78, 5) is 39.1. The molecule has 0 radical (unpaired) electrons. The molecule has 150 valence electrons. The highest BCUT2D eigenvalue weighted by molar-refractivity contribution is 5.95. The summed E-state index contributed by atoms with van der Waals surface area (Å²) >= 11 is 0. The monoisotopic (exact) mass is 378 g/mol. The van der Waals surface area contributed by atoms with Gasteiger partial charge in [-0.15, -0.1) is 0 Å². The van der Waals surface area contributed by atoms with Crippen LogP contribution < -0.4 is 0 Å². The molecular weight excluding hydrogens is 348 g/mol. The number of aromatic nitrogens is 2. The standard InChI is InChI=1S/C19H30N4O4/c1-13-16(11-20-23(13)19(3,4)5)18(27)21-9-6-7-15(8-10-21)22(14(2)24)12-17(25)26/h11,15H,6-10,12H2,1-5H3,(H,25,26)/t15-/m0/s1. The quantitative estimate of drug-likeness (QED) is 0.863. The first-order chi connectivity index (χ1) is 12.5. The Morgan fingerprint density at radius 3 is 2.44 bits per heavy atom. The summed E-state index contributed by atoms with van der Waals surface area (Å²) in [5, 5.41) is 13.4. The summed E-state index contributed by atoms with van der Waals surface area (Å²) in [6, 6.07) is -0.158. The fraction of sp³-hybridized carbons (Fsp3) is 0.684. The smallest absolute Gasteiger partial charge is 0.323 e. The van der Waals surface area contributed by atoms with Gasteiger partial charge < -0.3 is 14.9 Å². The molecule has 2 rings (SSSR count). The second kappa shape index (κ2) is 8.10. The van der Waals surface area contributed by atoms with Gasteiger partial charge in [0, 0.05) is 31.7 Å². The average molecular weight is 378 g/mol. The maximum absolute atomic E-state index is 13.0. The maximum Gasteiger partial charge on any atom is 0.323 e. The van der Waals surface area contributed by atoms with Crippen LogP contribution in [0, 0.1) is 6.92 Å². The highest BCUT2D eigenvalue weighted by Crippen LogP contribution is 2.22. The topological polar surface area (TPSA) is 95.7 Å². The third kappa shape index (κ3) is 4.87. The van der Waals surface area contributed by atoms with Crippen LogP contribution in [0.25, 0.3) is 0 Å². The summed E-state index contributed by atoms with van der Waals surface area (Å²) in [7, 11) is 0. The largest absolute Gasteiger partial charge is 0.480 e. The Bertz CT molecular complexity index is 720. The van der Waals surface area contributed by atoms with Crippen LogP contribution >= 0.6 is 0 Å². The van der Waals surface area contributed by atoms with E-state index in [1.165, 1.54) is 11.8 Å². The summed E-state index contributed by atoms with van der Waals surface area (Å²) in [6.07, 6.45) is 3.62. The number of aliphatic carboxylic acids is 1. The van der Waals surface area contributed by atoms with Crippen LogP contribution in [0.3, 0.4) is 0 Å². The highest BCUT2D eigenvalue weighted by atomic mass is 16.4. The van der Waals surface area contributed by atoms with Crippen molar-refractivity contribution in [1.29, 1.82) is 0 Å². The van der Waals surface area contributed by atoms with E-state index in [4.69, 9.17) is 5.11 Å². The van der Waals surface area contributed by atoms with Crippen molar-refractivity contribution < 1.29 is 19.5 Å². The number of likely N-dealkylation sites (tertiary alicyclic amines) is 1. The van der Waals surface area contributed by atoms with Gasteiger partial charge in [-0.3, -0.25) is 19.1 Å². The van der Waals surface area contributed by atoms with Crippen molar-refractivity contribution in [2.45, 2.75) is 65.5 Å². The minimum atomic E-state index is -1.02. The van der Waals surface area contributed by atoms with Gasteiger partial charge in [-0.1, -0.05) is 0 Å². The van der Waals surface area contributed by atoms with Gasteiger partial charge in [-0.2, -0.15) is 5.10 Å². The molecule has 0 bridgehead atoms. The molecule has 2 amide bonds. The Morgan fingerprint density at radius 1 is 1.26 bits per heavy atom. The minimum absolute atomic E-state index is 0.0590. The number of hydrogen-bond acceptors (Lipinski definition) is 4. The van der Waals surface area contributed by atoms with Gasteiger partial charge in [-0.25, -0.2) is 0 Å². The van der Waals surface area contributed by atoms with E-state index < -0.39 is 5.97 Å². The third-order valence-corrected chi connectivity index (χ3v) is 5.01. The molecule has 0 spiro atoms. The van der Waals surface area contributed by atoms with Crippen LogP contribution in [-0.4, -0.2) is 68.1 Å². The van der Waals surface area contributed by atoms with Crippen LogP contribution in [-0.2, 0) is 15.1 Å². The zero-order chi connectivity index (χ0) is 20.4. The van der Waals surface area contributed by atoms with Crippen LogP contribution in [0.15, 0.2) is 6.20 Å². The number of carbonyl (C=O) groups excluding carboxylic acids is 2. The van der Waals surface area contributed by atoms with Gasteiger partial charge in [-0.05, 0) is 47.0 Å². The first-order valence-corrected chi connectivity index (χ1v) is 9.35. The maximum atomic E-state index is 13.0. The average Bonchev–Trinajstić information content (AvgIpc) is 2.78. The van der Waals surface area contributed by atoms with Gasteiger partial charge in [0.15, 0.2) is 0 Å². The van der Waals surface area contributed by atoms with E-state index in [0.717, 1.165) is 12.1 Å². The Balaban J connectivity index is 2.12. The Kier molecular flexibility index (Phi) is 6.28. The second-order valence-electron chi connectivity index (χ2n) is 8.14. The van der Waals surface area contributed by atoms with Gasteiger partial charge in [0.05, 0.1) is 17.3 Å². The lowest BCUT2D eigenvalue weighted by Crippen LogP contribution is -2.43. The lowest BCUT2D eigenvalue weighted by molar-refractivity contribution is -0.145. The zero-order valence-electron chi connectivity index (χ0n) is 16.9. The summed E-state index contributed by atoms with van der Waals surface area (Å²) in [6.45, 7) is 10.2. The van der Waals surface area contributed by atoms with Crippen LogP contribution in [0.1, 0.15) is 63.0 Å². The van der Waals surface area contributed by atoms with E-state index in [1.54, 1.807) is 11.1 Å². The Labute approximate surface area is 160 Å². The molecule has 2 heterocycles. The second-order valence-corrected chi connectivity index (χ2v) is 8.14. The first-order valence-electron chi connectivity index (χ1n) is 9.35. The molecule has 1 N–H and O–H groups in total. The predicted octanol–water partition coefficient (Wildman–Crippen LogP) is 1.87. The number of nitrogens with zero attached hydrogens (tertiary/aromatic N) is 4. The number of amides is 2. The molecule has 8 heteroatoms. The zero-order valence-corrected chi connectivity index (χ0v) is 16.9. The molecule has 1 fully saturated rings. The molecule has 1 saturated heterocycles. The Hall–Kier alpha value is -2.38. The molecule has 1 aliphatic heterocycles. The van der Waals surface area contributed by atoms with Crippen molar-refractivity contribution in [3.8, 4) is 0 Å².